The summed E-state index contributed by atoms with van der Waals surface area (Å²) in [6.45, 7) is 6.55. The van der Waals surface area contributed by atoms with Gasteiger partial charge in [0.05, 0.1) is 0 Å². The maximum atomic E-state index is 13.0. The summed E-state index contributed by atoms with van der Waals surface area (Å²) in [5, 5.41) is 0. The van der Waals surface area contributed by atoms with Crippen LogP contribution >= 0.6 is 0 Å². The van der Waals surface area contributed by atoms with Crippen molar-refractivity contribution in [1.82, 2.24) is 0 Å². The zero-order valence-corrected chi connectivity index (χ0v) is 53.5. The fourth-order valence-corrected chi connectivity index (χ4v) is 9.89. The lowest BCUT2D eigenvalue weighted by molar-refractivity contribution is -0.167. The number of unbranched alkanes of at least 4 members (excludes halogenated alkanes) is 36. The Hall–Kier alpha value is -3.67. The molecule has 6 heteroatoms. The third-order valence-electron chi connectivity index (χ3n) is 15.1. The number of hydrogen-bond acceptors (Lipinski definition) is 6. The summed E-state index contributed by atoms with van der Waals surface area (Å²) < 4.78 is 17.0. The standard InChI is InChI=1S/C75H130O6/c1-4-7-10-13-16-19-22-25-28-31-33-35-37-39-41-44-47-50-53-56-59-62-65-68-74(77)80-71-72(70-79-73(76)67-64-61-58-55-52-49-46-43-30-27-24-21-18-15-12-9-6-3)81-75(78)69-66-63-60-57-54-51-48-45-42-40-38-36-34-32-29-26-23-20-17-14-11-8-5-2/h7,10,16,19,23,25-26,28,32-35,38-41,72H,4-6,8-9,11-15,17-18,20-22,24,27,29-31,36-37,42-71H2,1-3H3/b10-7-,19-16-,26-23-,28-25-,34-32-,35-33-,40-38-,41-39-. The summed E-state index contributed by atoms with van der Waals surface area (Å²) in [5.74, 6) is -0.883. The van der Waals surface area contributed by atoms with Crippen molar-refractivity contribution in [3.8, 4) is 0 Å². The van der Waals surface area contributed by atoms with Crippen LogP contribution in [0.15, 0.2) is 97.2 Å². The molecule has 1 atom stereocenters. The van der Waals surface area contributed by atoms with Crippen LogP contribution in [0.25, 0.3) is 0 Å². The molecule has 0 aromatic carbocycles. The predicted molar refractivity (Wildman–Crippen MR) is 353 cm³/mol. The summed E-state index contributed by atoms with van der Waals surface area (Å²) in [4.78, 5) is 38.5. The second-order valence-electron chi connectivity index (χ2n) is 23.1. The zero-order valence-electron chi connectivity index (χ0n) is 53.5. The van der Waals surface area contributed by atoms with Crippen molar-refractivity contribution in [1.29, 1.82) is 0 Å². The molecular formula is C75H130O6. The highest BCUT2D eigenvalue weighted by Crippen LogP contribution is 2.17. The molecule has 0 aromatic heterocycles. The summed E-state index contributed by atoms with van der Waals surface area (Å²) in [7, 11) is 0. The number of ether oxygens (including phenoxy) is 3. The first-order valence-electron chi connectivity index (χ1n) is 34.7. The molecule has 81 heavy (non-hydrogen) atoms. The van der Waals surface area contributed by atoms with Crippen molar-refractivity contribution in [3.05, 3.63) is 97.2 Å². The average Bonchev–Trinajstić information content (AvgIpc) is 3.47. The van der Waals surface area contributed by atoms with Crippen LogP contribution < -0.4 is 0 Å². The number of allylic oxidation sites excluding steroid dienone is 16. The van der Waals surface area contributed by atoms with Crippen molar-refractivity contribution in [2.75, 3.05) is 13.2 Å². The molecule has 0 N–H and O–H groups in total. The van der Waals surface area contributed by atoms with Crippen LogP contribution in [0, 0.1) is 0 Å². The molecule has 0 saturated carbocycles. The van der Waals surface area contributed by atoms with Gasteiger partial charge in [-0.25, -0.2) is 0 Å². The van der Waals surface area contributed by atoms with Gasteiger partial charge < -0.3 is 14.2 Å². The van der Waals surface area contributed by atoms with Crippen LogP contribution in [-0.4, -0.2) is 37.2 Å². The maximum absolute atomic E-state index is 13.0. The van der Waals surface area contributed by atoms with Gasteiger partial charge in [-0.1, -0.05) is 317 Å². The van der Waals surface area contributed by atoms with Gasteiger partial charge in [-0.3, -0.25) is 14.4 Å². The van der Waals surface area contributed by atoms with Crippen molar-refractivity contribution in [3.63, 3.8) is 0 Å². The van der Waals surface area contributed by atoms with Gasteiger partial charge in [-0.05, 0) is 103 Å². The minimum Gasteiger partial charge on any atom is -0.462 e. The molecule has 0 amide bonds. The molecule has 1 unspecified atom stereocenters. The van der Waals surface area contributed by atoms with Gasteiger partial charge >= 0.3 is 17.9 Å². The molecule has 0 heterocycles. The second kappa shape index (κ2) is 68.8. The number of hydrogen-bond donors (Lipinski definition) is 0. The maximum Gasteiger partial charge on any atom is 0.306 e. The van der Waals surface area contributed by atoms with Crippen LogP contribution in [-0.2, 0) is 28.6 Å². The quantitative estimate of drug-likeness (QED) is 0.0261. The molecule has 0 aliphatic heterocycles. The Morgan fingerprint density at radius 1 is 0.259 bits per heavy atom. The average molecular weight is 1130 g/mol. The molecule has 0 rings (SSSR count). The van der Waals surface area contributed by atoms with Gasteiger partial charge in [-0.15, -0.1) is 0 Å². The van der Waals surface area contributed by atoms with E-state index in [1.807, 2.05) is 0 Å². The molecule has 0 saturated heterocycles. The predicted octanol–water partition coefficient (Wildman–Crippen LogP) is 24.0. The van der Waals surface area contributed by atoms with Gasteiger partial charge in [0.25, 0.3) is 0 Å². The first-order chi connectivity index (χ1) is 40.0. The summed E-state index contributed by atoms with van der Waals surface area (Å²) >= 11 is 0. The SMILES string of the molecule is CC/C=C\C/C=C\C/C=C\C/C=C\C/C=C\CCCCCCCCCC(=O)OCC(COC(=O)CCCCCCCCCCCCCCCCCCC)OC(=O)CCCCCCCCCC/C=C\C/C=C\C/C=C\CCCCCCC. The molecule has 0 aliphatic rings. The minimum absolute atomic E-state index is 0.0814. The molecule has 466 valence electrons. The van der Waals surface area contributed by atoms with Crippen molar-refractivity contribution in [2.24, 2.45) is 0 Å². The van der Waals surface area contributed by atoms with E-state index in [1.54, 1.807) is 0 Å². The van der Waals surface area contributed by atoms with Gasteiger partial charge in [0.2, 0.25) is 0 Å². The van der Waals surface area contributed by atoms with E-state index >= 15 is 0 Å². The Labute approximate surface area is 502 Å². The smallest absolute Gasteiger partial charge is 0.306 e. The van der Waals surface area contributed by atoms with E-state index in [0.717, 1.165) is 116 Å². The molecule has 0 spiro atoms. The summed E-state index contributed by atoms with van der Waals surface area (Å²) in [6, 6.07) is 0. The number of carbonyl (C=O) groups is 3. The Morgan fingerprint density at radius 3 is 0.753 bits per heavy atom. The highest BCUT2D eigenvalue weighted by molar-refractivity contribution is 5.71. The normalized spacial score (nSPS) is 12.7. The molecular weight excluding hydrogens is 997 g/mol. The van der Waals surface area contributed by atoms with Gasteiger partial charge in [0.15, 0.2) is 6.10 Å². The lowest BCUT2D eigenvalue weighted by atomic mass is 10.0. The van der Waals surface area contributed by atoms with E-state index in [2.05, 4.69) is 118 Å². The molecule has 6 nitrogen and oxygen atoms in total. The molecule has 0 aromatic rings. The van der Waals surface area contributed by atoms with E-state index in [9.17, 15) is 14.4 Å². The van der Waals surface area contributed by atoms with E-state index in [1.165, 1.54) is 186 Å². The molecule has 0 radical (unpaired) electrons. The Bertz CT molecular complexity index is 1580. The number of carbonyl (C=O) groups excluding carboxylic acids is 3. The van der Waals surface area contributed by atoms with Crippen LogP contribution in [0.2, 0.25) is 0 Å². The molecule has 0 fully saturated rings. The van der Waals surface area contributed by atoms with Crippen molar-refractivity contribution < 1.29 is 28.6 Å². The van der Waals surface area contributed by atoms with Gasteiger partial charge in [0, 0.05) is 19.3 Å². The first kappa shape index (κ1) is 77.3. The Morgan fingerprint density at radius 2 is 0.481 bits per heavy atom. The third kappa shape index (κ3) is 67.0. The fraction of sp³-hybridized carbons (Fsp3) is 0.747. The second-order valence-corrected chi connectivity index (χ2v) is 23.1. The van der Waals surface area contributed by atoms with Crippen LogP contribution in [0.1, 0.15) is 342 Å². The van der Waals surface area contributed by atoms with Gasteiger partial charge in [0.1, 0.15) is 13.2 Å². The monoisotopic (exact) mass is 1130 g/mol. The van der Waals surface area contributed by atoms with Crippen LogP contribution in [0.5, 0.6) is 0 Å². The van der Waals surface area contributed by atoms with E-state index in [-0.39, 0.29) is 31.1 Å². The zero-order chi connectivity index (χ0) is 58.5. The van der Waals surface area contributed by atoms with E-state index < -0.39 is 6.10 Å². The highest BCUT2D eigenvalue weighted by atomic mass is 16.6. The van der Waals surface area contributed by atoms with Gasteiger partial charge in [-0.2, -0.15) is 0 Å². The van der Waals surface area contributed by atoms with Crippen LogP contribution in [0.3, 0.4) is 0 Å². The lowest BCUT2D eigenvalue weighted by Gasteiger charge is -2.18. The summed E-state index contributed by atoms with van der Waals surface area (Å²) in [6.07, 6.45) is 92.7. The van der Waals surface area contributed by atoms with Crippen molar-refractivity contribution in [2.45, 2.75) is 348 Å². The molecule has 0 aliphatic carbocycles. The fourth-order valence-electron chi connectivity index (χ4n) is 9.89. The number of rotatable bonds is 63. The number of esters is 3. The Balaban J connectivity index is 4.40. The minimum atomic E-state index is -0.788. The lowest BCUT2D eigenvalue weighted by Crippen LogP contribution is -2.30. The topological polar surface area (TPSA) is 78.9 Å². The van der Waals surface area contributed by atoms with E-state index in [4.69, 9.17) is 14.2 Å². The largest absolute Gasteiger partial charge is 0.462 e. The first-order valence-corrected chi connectivity index (χ1v) is 34.7. The Kier molecular flexibility index (Phi) is 65.7. The summed E-state index contributed by atoms with van der Waals surface area (Å²) in [5.41, 5.74) is 0. The van der Waals surface area contributed by atoms with Crippen molar-refractivity contribution >= 4 is 17.9 Å². The highest BCUT2D eigenvalue weighted by Gasteiger charge is 2.19. The molecule has 0 bridgehead atoms. The van der Waals surface area contributed by atoms with E-state index in [0.29, 0.717) is 19.3 Å². The van der Waals surface area contributed by atoms with Crippen LogP contribution in [0.4, 0.5) is 0 Å². The third-order valence-corrected chi connectivity index (χ3v) is 15.1.